The summed E-state index contributed by atoms with van der Waals surface area (Å²) < 4.78 is 12.1. The normalized spacial score (nSPS) is 10.7. The SMILES string of the molecule is COC(=O)c1c(N)c(C#N)cn1-c1cccc(-c2nc3ncccc3o2)c1. The van der Waals surface area contributed by atoms with Gasteiger partial charge in [-0.1, -0.05) is 6.07 Å². The van der Waals surface area contributed by atoms with Crippen LogP contribution < -0.4 is 5.73 Å². The number of hydrogen-bond acceptors (Lipinski definition) is 7. The molecule has 4 rings (SSSR count). The minimum atomic E-state index is -0.634. The smallest absolute Gasteiger partial charge is 0.357 e. The Kier molecular flexibility index (Phi) is 3.82. The van der Waals surface area contributed by atoms with Gasteiger partial charge in [-0.25, -0.2) is 9.78 Å². The van der Waals surface area contributed by atoms with Crippen molar-refractivity contribution in [1.29, 1.82) is 5.26 Å². The van der Waals surface area contributed by atoms with Crippen LogP contribution in [-0.2, 0) is 4.74 Å². The van der Waals surface area contributed by atoms with Crippen molar-refractivity contribution < 1.29 is 13.9 Å². The van der Waals surface area contributed by atoms with Gasteiger partial charge in [0.25, 0.3) is 0 Å². The number of fused-ring (bicyclic) bond motifs is 1. The van der Waals surface area contributed by atoms with Crippen LogP contribution in [0.1, 0.15) is 16.1 Å². The zero-order valence-electron chi connectivity index (χ0n) is 14.2. The van der Waals surface area contributed by atoms with Gasteiger partial charge in [0.15, 0.2) is 16.9 Å². The molecule has 0 aliphatic rings. The number of esters is 1. The third kappa shape index (κ3) is 2.67. The molecule has 27 heavy (non-hydrogen) atoms. The predicted molar refractivity (Wildman–Crippen MR) is 97.0 cm³/mol. The molecule has 3 heterocycles. The fourth-order valence-electron chi connectivity index (χ4n) is 2.80. The Morgan fingerprint density at radius 2 is 2.19 bits per heavy atom. The van der Waals surface area contributed by atoms with Crippen molar-refractivity contribution in [3.05, 3.63) is 60.0 Å². The molecule has 3 aromatic heterocycles. The minimum Gasteiger partial charge on any atom is -0.464 e. The highest BCUT2D eigenvalue weighted by atomic mass is 16.5. The zero-order valence-corrected chi connectivity index (χ0v) is 14.2. The number of benzene rings is 1. The predicted octanol–water partition coefficient (Wildman–Crippen LogP) is 2.92. The maximum absolute atomic E-state index is 12.2. The average molecular weight is 359 g/mol. The highest BCUT2D eigenvalue weighted by Gasteiger charge is 2.22. The van der Waals surface area contributed by atoms with Crippen LogP contribution in [-0.4, -0.2) is 27.6 Å². The number of nitrogens with zero attached hydrogens (tertiary/aromatic N) is 4. The van der Waals surface area contributed by atoms with E-state index in [1.807, 2.05) is 12.1 Å². The number of nitriles is 1. The Labute approximate surface area is 153 Å². The van der Waals surface area contributed by atoms with Crippen molar-refractivity contribution in [2.24, 2.45) is 0 Å². The number of hydrogen-bond donors (Lipinski definition) is 1. The van der Waals surface area contributed by atoms with Gasteiger partial charge in [0.2, 0.25) is 5.89 Å². The fraction of sp³-hybridized carbons (Fsp3) is 0.0526. The topological polar surface area (TPSA) is 120 Å². The lowest BCUT2D eigenvalue weighted by atomic mass is 10.2. The number of nitrogen functional groups attached to an aromatic ring is 1. The van der Waals surface area contributed by atoms with E-state index in [0.29, 0.717) is 28.4 Å². The maximum Gasteiger partial charge on any atom is 0.357 e. The first-order valence-electron chi connectivity index (χ1n) is 7.94. The van der Waals surface area contributed by atoms with E-state index in [4.69, 9.17) is 14.9 Å². The first kappa shape index (κ1) is 16.4. The molecule has 0 amide bonds. The first-order valence-corrected chi connectivity index (χ1v) is 7.94. The Morgan fingerprint density at radius 3 is 2.93 bits per heavy atom. The fourth-order valence-corrected chi connectivity index (χ4v) is 2.80. The lowest BCUT2D eigenvalue weighted by Gasteiger charge is -2.09. The molecule has 4 aromatic rings. The van der Waals surface area contributed by atoms with Gasteiger partial charge in [-0.15, -0.1) is 0 Å². The molecule has 0 fully saturated rings. The van der Waals surface area contributed by atoms with E-state index < -0.39 is 5.97 Å². The third-order valence-corrected chi connectivity index (χ3v) is 4.08. The summed E-state index contributed by atoms with van der Waals surface area (Å²) in [6.07, 6.45) is 3.13. The van der Waals surface area contributed by atoms with Crippen molar-refractivity contribution in [2.45, 2.75) is 0 Å². The molecule has 0 aliphatic heterocycles. The van der Waals surface area contributed by atoms with Crippen LogP contribution in [0.3, 0.4) is 0 Å². The van der Waals surface area contributed by atoms with Crippen LogP contribution in [0.4, 0.5) is 5.69 Å². The lowest BCUT2D eigenvalue weighted by molar-refractivity contribution is 0.0593. The van der Waals surface area contributed by atoms with Crippen LogP contribution >= 0.6 is 0 Å². The van der Waals surface area contributed by atoms with E-state index in [1.165, 1.54) is 17.9 Å². The van der Waals surface area contributed by atoms with Crippen molar-refractivity contribution in [1.82, 2.24) is 14.5 Å². The van der Waals surface area contributed by atoms with Gasteiger partial charge in [-0.2, -0.15) is 10.2 Å². The van der Waals surface area contributed by atoms with Gasteiger partial charge in [0.05, 0.1) is 18.4 Å². The summed E-state index contributed by atoms with van der Waals surface area (Å²) in [7, 11) is 1.26. The van der Waals surface area contributed by atoms with Gasteiger partial charge < -0.3 is 19.5 Å². The Hall–Kier alpha value is -4.12. The molecule has 0 bridgehead atoms. The number of rotatable bonds is 3. The second-order valence-corrected chi connectivity index (χ2v) is 5.67. The average Bonchev–Trinajstić information content (AvgIpc) is 3.28. The molecule has 8 nitrogen and oxygen atoms in total. The lowest BCUT2D eigenvalue weighted by Crippen LogP contribution is -2.11. The summed E-state index contributed by atoms with van der Waals surface area (Å²) in [6, 6.07) is 12.7. The molecule has 1 aromatic carbocycles. The van der Waals surface area contributed by atoms with Gasteiger partial charge in [0, 0.05) is 23.6 Å². The molecular weight excluding hydrogens is 346 g/mol. The summed E-state index contributed by atoms with van der Waals surface area (Å²) in [5.74, 6) is -0.240. The molecule has 0 saturated heterocycles. The summed E-state index contributed by atoms with van der Waals surface area (Å²) in [6.45, 7) is 0. The molecule has 132 valence electrons. The van der Waals surface area contributed by atoms with Crippen molar-refractivity contribution in [3.63, 3.8) is 0 Å². The quantitative estimate of drug-likeness (QED) is 0.558. The van der Waals surface area contributed by atoms with Crippen LogP contribution in [0, 0.1) is 11.3 Å². The van der Waals surface area contributed by atoms with Crippen LogP contribution in [0.5, 0.6) is 0 Å². The summed E-state index contributed by atoms with van der Waals surface area (Å²) in [5, 5.41) is 9.24. The minimum absolute atomic E-state index is 0.0702. The number of methoxy groups -OCH3 is 1. The molecule has 0 radical (unpaired) electrons. The third-order valence-electron chi connectivity index (χ3n) is 4.08. The molecule has 0 unspecified atom stereocenters. The van der Waals surface area contributed by atoms with Crippen LogP contribution in [0.2, 0.25) is 0 Å². The van der Waals surface area contributed by atoms with Gasteiger partial charge in [-0.3, -0.25) is 0 Å². The van der Waals surface area contributed by atoms with E-state index in [9.17, 15) is 10.1 Å². The van der Waals surface area contributed by atoms with Crippen molar-refractivity contribution >= 4 is 22.9 Å². The van der Waals surface area contributed by atoms with Gasteiger partial charge >= 0.3 is 5.97 Å². The van der Waals surface area contributed by atoms with E-state index in [0.717, 1.165) is 0 Å². The molecule has 0 spiro atoms. The van der Waals surface area contributed by atoms with Crippen LogP contribution in [0.15, 0.2) is 53.2 Å². The standard InChI is InChI=1S/C19H13N5O3/c1-26-19(25)16-15(21)12(9-20)10-24(16)13-5-2-4-11(8-13)18-23-17-14(27-18)6-3-7-22-17/h2-8,10H,21H2,1H3. The molecular formula is C19H13N5O3. The molecule has 0 atom stereocenters. The highest BCUT2D eigenvalue weighted by Crippen LogP contribution is 2.28. The molecule has 0 aliphatic carbocycles. The summed E-state index contributed by atoms with van der Waals surface area (Å²) in [5.41, 5.74) is 8.66. The molecule has 2 N–H and O–H groups in total. The number of oxazole rings is 1. The van der Waals surface area contributed by atoms with Gasteiger partial charge in [-0.05, 0) is 30.3 Å². The van der Waals surface area contributed by atoms with Crippen molar-refractivity contribution in [3.8, 4) is 23.2 Å². The second-order valence-electron chi connectivity index (χ2n) is 5.67. The number of carbonyl (C=O) groups excluding carboxylic acids is 1. The number of aromatic nitrogens is 3. The van der Waals surface area contributed by atoms with Crippen molar-refractivity contribution in [2.75, 3.05) is 12.8 Å². The number of carbonyl (C=O) groups is 1. The number of nitrogens with two attached hydrogens (primary N) is 1. The molecule has 0 saturated carbocycles. The Morgan fingerprint density at radius 1 is 1.33 bits per heavy atom. The largest absolute Gasteiger partial charge is 0.464 e. The van der Waals surface area contributed by atoms with E-state index in [1.54, 1.807) is 36.5 Å². The number of ether oxygens (including phenoxy) is 1. The Balaban J connectivity index is 1.86. The zero-order chi connectivity index (χ0) is 19.0. The molecule has 8 heteroatoms. The van der Waals surface area contributed by atoms with Gasteiger partial charge in [0.1, 0.15) is 6.07 Å². The first-order chi connectivity index (χ1) is 13.1. The maximum atomic E-state index is 12.2. The second kappa shape index (κ2) is 6.31. The monoisotopic (exact) mass is 359 g/mol. The highest BCUT2D eigenvalue weighted by molar-refractivity contribution is 5.96. The Bertz CT molecular complexity index is 1180. The number of pyridine rings is 1. The van der Waals surface area contributed by atoms with E-state index in [-0.39, 0.29) is 16.9 Å². The summed E-state index contributed by atoms with van der Waals surface area (Å²) in [4.78, 5) is 20.7. The van der Waals surface area contributed by atoms with E-state index >= 15 is 0 Å². The number of anilines is 1. The van der Waals surface area contributed by atoms with E-state index in [2.05, 4.69) is 9.97 Å². The van der Waals surface area contributed by atoms with Crippen LogP contribution in [0.25, 0.3) is 28.4 Å². The summed E-state index contributed by atoms with van der Waals surface area (Å²) >= 11 is 0.